The van der Waals surface area contributed by atoms with Crippen LogP contribution in [0, 0.1) is 0 Å². The van der Waals surface area contributed by atoms with Gasteiger partial charge in [0.2, 0.25) is 5.03 Å². The van der Waals surface area contributed by atoms with Gasteiger partial charge in [-0.3, -0.25) is 4.72 Å². The molecular formula is C10H8Cl3N3O2S. The molecule has 102 valence electrons. The maximum absolute atomic E-state index is 12.1. The molecule has 1 aromatic carbocycles. The monoisotopic (exact) mass is 339 g/mol. The van der Waals surface area contributed by atoms with Gasteiger partial charge in [0.25, 0.3) is 10.0 Å². The topological polar surface area (TPSA) is 64.0 Å². The van der Waals surface area contributed by atoms with Crippen molar-refractivity contribution in [3.63, 3.8) is 0 Å². The molecule has 5 nitrogen and oxygen atoms in total. The van der Waals surface area contributed by atoms with Crippen LogP contribution in [0.5, 0.6) is 0 Å². The SMILES string of the molecule is Cn1cnc(S(=O)(=O)Nc2ccc(Cl)c(Cl)c2)c1Cl. The van der Waals surface area contributed by atoms with Crippen molar-refractivity contribution in [1.29, 1.82) is 0 Å². The van der Waals surface area contributed by atoms with Crippen molar-refractivity contribution in [1.82, 2.24) is 9.55 Å². The second-order valence-electron chi connectivity index (χ2n) is 3.69. The van der Waals surface area contributed by atoms with Gasteiger partial charge in [-0.25, -0.2) is 4.98 Å². The highest BCUT2D eigenvalue weighted by Gasteiger charge is 2.22. The number of benzene rings is 1. The molecule has 0 saturated heterocycles. The Kier molecular flexibility index (Phi) is 3.96. The van der Waals surface area contributed by atoms with Crippen LogP contribution in [0.4, 0.5) is 5.69 Å². The predicted octanol–water partition coefficient (Wildman–Crippen LogP) is 3.18. The zero-order valence-corrected chi connectivity index (χ0v) is 12.6. The Morgan fingerprint density at radius 3 is 2.42 bits per heavy atom. The maximum atomic E-state index is 12.1. The highest BCUT2D eigenvalue weighted by molar-refractivity contribution is 7.92. The van der Waals surface area contributed by atoms with E-state index in [0.717, 1.165) is 0 Å². The van der Waals surface area contributed by atoms with E-state index < -0.39 is 10.0 Å². The van der Waals surface area contributed by atoms with Gasteiger partial charge in [0.05, 0.1) is 22.1 Å². The first-order valence-corrected chi connectivity index (χ1v) is 7.57. The lowest BCUT2D eigenvalue weighted by molar-refractivity contribution is 0.598. The zero-order valence-electron chi connectivity index (χ0n) is 9.56. The van der Waals surface area contributed by atoms with Crippen molar-refractivity contribution in [3.8, 4) is 0 Å². The lowest BCUT2D eigenvalue weighted by Crippen LogP contribution is -2.14. The molecule has 9 heteroatoms. The molecule has 0 aliphatic heterocycles. The van der Waals surface area contributed by atoms with Crippen LogP contribution in [0.15, 0.2) is 29.6 Å². The maximum Gasteiger partial charge on any atom is 0.282 e. The Bertz CT molecular complexity index is 728. The van der Waals surface area contributed by atoms with Crippen molar-refractivity contribution < 1.29 is 8.42 Å². The molecule has 0 spiro atoms. The number of nitrogens with one attached hydrogen (secondary N) is 1. The van der Waals surface area contributed by atoms with Gasteiger partial charge in [-0.15, -0.1) is 0 Å². The van der Waals surface area contributed by atoms with Gasteiger partial charge < -0.3 is 4.57 Å². The van der Waals surface area contributed by atoms with Crippen LogP contribution in [0.1, 0.15) is 0 Å². The van der Waals surface area contributed by atoms with E-state index >= 15 is 0 Å². The summed E-state index contributed by atoms with van der Waals surface area (Å²) in [4.78, 5) is 3.74. The van der Waals surface area contributed by atoms with Crippen molar-refractivity contribution in [3.05, 3.63) is 39.7 Å². The number of hydrogen-bond acceptors (Lipinski definition) is 3. The van der Waals surface area contributed by atoms with E-state index in [1.54, 1.807) is 7.05 Å². The van der Waals surface area contributed by atoms with Crippen molar-refractivity contribution in [2.24, 2.45) is 7.05 Å². The molecule has 2 rings (SSSR count). The van der Waals surface area contributed by atoms with Crippen LogP contribution < -0.4 is 4.72 Å². The van der Waals surface area contributed by atoms with E-state index in [1.807, 2.05) is 0 Å². The third-order valence-electron chi connectivity index (χ3n) is 2.26. The van der Waals surface area contributed by atoms with Gasteiger partial charge in [-0.05, 0) is 18.2 Å². The summed E-state index contributed by atoms with van der Waals surface area (Å²) < 4.78 is 27.9. The summed E-state index contributed by atoms with van der Waals surface area (Å²) in [5, 5.41) is 0.352. The standard InChI is InChI=1S/C10H8Cl3N3O2S/c1-16-5-14-10(9(16)13)19(17,18)15-6-2-3-7(11)8(12)4-6/h2-5,15H,1H3. The average Bonchev–Trinajstić information content (AvgIpc) is 2.65. The molecule has 0 bridgehead atoms. The van der Waals surface area contributed by atoms with Crippen molar-refractivity contribution in [2.75, 3.05) is 4.72 Å². The van der Waals surface area contributed by atoms with E-state index in [9.17, 15) is 8.42 Å². The number of sulfonamides is 1. The largest absolute Gasteiger partial charge is 0.324 e. The molecule has 1 N–H and O–H groups in total. The summed E-state index contributed by atoms with van der Waals surface area (Å²) in [6, 6.07) is 4.38. The number of anilines is 1. The molecule has 19 heavy (non-hydrogen) atoms. The fourth-order valence-corrected chi connectivity index (χ4v) is 3.12. The van der Waals surface area contributed by atoms with Gasteiger partial charge >= 0.3 is 0 Å². The Morgan fingerprint density at radius 1 is 1.21 bits per heavy atom. The molecular weight excluding hydrogens is 333 g/mol. The van der Waals surface area contributed by atoms with Gasteiger partial charge in [0.1, 0.15) is 5.15 Å². The fourth-order valence-electron chi connectivity index (χ4n) is 1.34. The van der Waals surface area contributed by atoms with Crippen LogP contribution in [0.3, 0.4) is 0 Å². The minimum atomic E-state index is -3.87. The molecule has 0 aliphatic rings. The molecule has 1 heterocycles. The molecule has 0 atom stereocenters. The fraction of sp³-hybridized carbons (Fsp3) is 0.100. The highest BCUT2D eigenvalue weighted by Crippen LogP contribution is 2.27. The Hall–Kier alpha value is -0.950. The lowest BCUT2D eigenvalue weighted by Gasteiger charge is -2.07. The summed E-state index contributed by atoms with van der Waals surface area (Å²) in [6.07, 6.45) is 1.31. The first-order chi connectivity index (χ1) is 8.81. The second kappa shape index (κ2) is 5.20. The molecule has 0 unspecified atom stereocenters. The predicted molar refractivity (Wildman–Crippen MR) is 75.5 cm³/mol. The van der Waals surface area contributed by atoms with Crippen LogP contribution >= 0.6 is 34.8 Å². The van der Waals surface area contributed by atoms with Crippen LogP contribution in [0.2, 0.25) is 15.2 Å². The van der Waals surface area contributed by atoms with Gasteiger partial charge in [0.15, 0.2) is 0 Å². The first-order valence-electron chi connectivity index (χ1n) is 4.96. The van der Waals surface area contributed by atoms with Gasteiger partial charge in [-0.2, -0.15) is 8.42 Å². The summed E-state index contributed by atoms with van der Waals surface area (Å²) in [5.41, 5.74) is 0.274. The van der Waals surface area contributed by atoms with Gasteiger partial charge in [0, 0.05) is 7.05 Å². The molecule has 0 aliphatic carbocycles. The van der Waals surface area contributed by atoms with E-state index in [2.05, 4.69) is 9.71 Å². The smallest absolute Gasteiger partial charge is 0.282 e. The summed E-state index contributed by atoms with van der Waals surface area (Å²) in [7, 11) is -2.28. The third-order valence-corrected chi connectivity index (χ3v) is 4.87. The number of aryl methyl sites for hydroxylation is 1. The van der Waals surface area contributed by atoms with E-state index in [-0.39, 0.29) is 20.9 Å². The Morgan fingerprint density at radius 2 is 1.89 bits per heavy atom. The number of halogens is 3. The van der Waals surface area contributed by atoms with E-state index in [1.165, 1.54) is 29.1 Å². The number of hydrogen-bond donors (Lipinski definition) is 1. The summed E-state index contributed by atoms with van der Waals surface area (Å²) in [6.45, 7) is 0. The quantitative estimate of drug-likeness (QED) is 0.933. The van der Waals surface area contributed by atoms with Gasteiger partial charge in [-0.1, -0.05) is 34.8 Å². The third kappa shape index (κ3) is 2.97. The van der Waals surface area contributed by atoms with Crippen molar-refractivity contribution in [2.45, 2.75) is 5.03 Å². The minimum absolute atomic E-state index is 0.0209. The molecule has 0 amide bonds. The molecule has 0 radical (unpaired) electrons. The van der Waals surface area contributed by atoms with Crippen molar-refractivity contribution >= 4 is 50.5 Å². The molecule has 1 aromatic heterocycles. The number of imidazole rings is 1. The number of nitrogens with zero attached hydrogens (tertiary/aromatic N) is 2. The summed E-state index contributed by atoms with van der Waals surface area (Å²) >= 11 is 17.4. The average molecular weight is 341 g/mol. The normalized spacial score (nSPS) is 11.6. The molecule has 0 fully saturated rings. The Labute approximate surface area is 125 Å². The second-order valence-corrected chi connectivity index (χ2v) is 6.46. The number of rotatable bonds is 3. The molecule has 2 aromatic rings. The number of aromatic nitrogens is 2. The van der Waals surface area contributed by atoms with E-state index in [4.69, 9.17) is 34.8 Å². The Balaban J connectivity index is 2.36. The van der Waals surface area contributed by atoms with Crippen LogP contribution in [0.25, 0.3) is 0 Å². The summed E-state index contributed by atoms with van der Waals surface area (Å²) in [5.74, 6) is 0. The first kappa shape index (κ1) is 14.5. The minimum Gasteiger partial charge on any atom is -0.324 e. The molecule has 0 saturated carbocycles. The van der Waals surface area contributed by atoms with Crippen LogP contribution in [-0.4, -0.2) is 18.0 Å². The lowest BCUT2D eigenvalue weighted by atomic mass is 10.3. The van der Waals surface area contributed by atoms with E-state index in [0.29, 0.717) is 5.02 Å². The van der Waals surface area contributed by atoms with Crippen LogP contribution in [-0.2, 0) is 17.1 Å². The zero-order chi connectivity index (χ0) is 14.2. The highest BCUT2D eigenvalue weighted by atomic mass is 35.5.